The fourth-order valence-electron chi connectivity index (χ4n) is 7.70. The molecule has 7 nitrogen and oxygen atoms in total. The number of pyridine rings is 1. The molecule has 9 rings (SSSR count). The Morgan fingerprint density at radius 3 is 2.31 bits per heavy atom. The molecule has 4 aromatic heterocycles. The number of rotatable bonds is 4. The number of aromatic nitrogens is 6. The molecule has 4 aromatic carbocycles. The molecule has 0 radical (unpaired) electrons. The Morgan fingerprint density at radius 2 is 1.54 bits per heavy atom. The summed E-state index contributed by atoms with van der Waals surface area (Å²) >= 11 is 0. The minimum absolute atomic E-state index is 0. The van der Waals surface area contributed by atoms with Crippen LogP contribution in [0.15, 0.2) is 97.3 Å². The number of ether oxygens (including phenoxy) is 1. The van der Waals surface area contributed by atoms with Crippen LogP contribution in [0.2, 0.25) is 0 Å². The summed E-state index contributed by atoms with van der Waals surface area (Å²) in [5, 5.41) is 4.95. The second-order valence-corrected chi connectivity index (χ2v) is 15.9. The molecular weight excluding hydrogens is 824 g/mol. The maximum Gasteiger partial charge on any atom is 2.00 e. The molecule has 0 saturated heterocycles. The number of fused-ring (bicyclic) bond motifs is 8. The van der Waals surface area contributed by atoms with Gasteiger partial charge >= 0.3 is 21.1 Å². The van der Waals surface area contributed by atoms with E-state index in [1.165, 1.54) is 16.8 Å². The van der Waals surface area contributed by atoms with Crippen LogP contribution < -0.4 is 4.74 Å². The number of hydrogen-bond acceptors (Lipinski definition) is 4. The van der Waals surface area contributed by atoms with Crippen LogP contribution in [0.1, 0.15) is 70.9 Å². The van der Waals surface area contributed by atoms with Crippen LogP contribution in [0.4, 0.5) is 0 Å². The molecule has 0 N–H and O–H groups in total. The van der Waals surface area contributed by atoms with E-state index in [9.17, 15) is 0 Å². The smallest absolute Gasteiger partial charge is 0.509 e. The third kappa shape index (κ3) is 4.92. The van der Waals surface area contributed by atoms with Crippen LogP contribution in [0.3, 0.4) is 0 Å². The van der Waals surface area contributed by atoms with Gasteiger partial charge < -0.3 is 9.14 Å². The van der Waals surface area contributed by atoms with Crippen molar-refractivity contribution < 1.29 is 25.8 Å². The average Bonchev–Trinajstić information content (AvgIpc) is 3.80. The summed E-state index contributed by atoms with van der Waals surface area (Å²) in [5.41, 5.74) is 11.2. The molecule has 8 aromatic rings. The van der Waals surface area contributed by atoms with Crippen molar-refractivity contribution in [2.45, 2.75) is 71.6 Å². The molecule has 8 heteroatoms. The van der Waals surface area contributed by atoms with Gasteiger partial charge in [0.15, 0.2) is 0 Å². The standard InChI is InChI=1S/C44H40N6O.Pt/c1-27-13-12-16-35-39(27)47-41-48(35)34-20-18-31(25-37(34)49(41)38-23-29(21-22-45-38)42(2,3)4)51-30-17-19-33-36(24-30)50-40(44(7,8)43(33,5)6)32(26-46-50)28-14-10-9-11-15-28;/h9-23,26H,1-8H3;/q-2;+2. The third-order valence-corrected chi connectivity index (χ3v) is 11.3. The van der Waals surface area contributed by atoms with E-state index >= 15 is 0 Å². The Hall–Kier alpha value is -5.00. The van der Waals surface area contributed by atoms with Gasteiger partial charge in [-0.05, 0) is 69.4 Å². The summed E-state index contributed by atoms with van der Waals surface area (Å²) in [4.78, 5) is 10.0. The van der Waals surface area contributed by atoms with Crippen LogP contribution in [0.25, 0.3) is 50.5 Å². The van der Waals surface area contributed by atoms with Crippen molar-refractivity contribution in [2.24, 2.45) is 0 Å². The molecule has 0 saturated carbocycles. The molecule has 0 atom stereocenters. The number of nitrogens with zero attached hydrogens (tertiary/aromatic N) is 6. The van der Waals surface area contributed by atoms with E-state index in [1.54, 1.807) is 0 Å². The minimum Gasteiger partial charge on any atom is -0.509 e. The molecule has 0 fully saturated rings. The van der Waals surface area contributed by atoms with Crippen molar-refractivity contribution in [1.82, 2.24) is 28.7 Å². The molecule has 1 aliphatic rings. The normalized spacial score (nSPS) is 14.7. The summed E-state index contributed by atoms with van der Waals surface area (Å²) in [6.07, 6.45) is 3.86. The molecular formula is C44H40N6OPt. The van der Waals surface area contributed by atoms with E-state index in [2.05, 4.69) is 148 Å². The summed E-state index contributed by atoms with van der Waals surface area (Å²) in [5.74, 6) is 2.75. The van der Waals surface area contributed by atoms with E-state index in [1.807, 2.05) is 30.6 Å². The third-order valence-electron chi connectivity index (χ3n) is 11.3. The zero-order chi connectivity index (χ0) is 35.4. The van der Waals surface area contributed by atoms with Gasteiger partial charge in [-0.15, -0.1) is 35.9 Å². The molecule has 0 bridgehead atoms. The summed E-state index contributed by atoms with van der Waals surface area (Å²) in [7, 11) is 0. The van der Waals surface area contributed by atoms with Crippen LogP contribution in [0.5, 0.6) is 11.5 Å². The van der Waals surface area contributed by atoms with Crippen LogP contribution in [0, 0.1) is 19.1 Å². The van der Waals surface area contributed by atoms with E-state index in [-0.39, 0.29) is 37.3 Å². The maximum absolute atomic E-state index is 6.61. The van der Waals surface area contributed by atoms with E-state index < -0.39 is 0 Å². The van der Waals surface area contributed by atoms with Gasteiger partial charge in [0.25, 0.3) is 0 Å². The second-order valence-electron chi connectivity index (χ2n) is 15.9. The van der Waals surface area contributed by atoms with Crippen molar-refractivity contribution in [3.8, 4) is 34.1 Å². The molecule has 5 heterocycles. The molecule has 0 unspecified atom stereocenters. The first-order valence-electron chi connectivity index (χ1n) is 17.5. The van der Waals surface area contributed by atoms with Gasteiger partial charge in [0.1, 0.15) is 5.82 Å². The molecule has 0 amide bonds. The molecule has 52 heavy (non-hydrogen) atoms. The van der Waals surface area contributed by atoms with Gasteiger partial charge in [-0.2, -0.15) is 11.2 Å². The summed E-state index contributed by atoms with van der Waals surface area (Å²) < 4.78 is 13.0. The van der Waals surface area contributed by atoms with E-state index in [0.29, 0.717) is 11.5 Å². The first kappa shape index (κ1) is 34.1. The topological polar surface area (TPSA) is 62.2 Å². The molecule has 0 aliphatic carbocycles. The van der Waals surface area contributed by atoms with Gasteiger partial charge in [-0.3, -0.25) is 9.25 Å². The van der Waals surface area contributed by atoms with Crippen molar-refractivity contribution >= 4 is 27.8 Å². The van der Waals surface area contributed by atoms with E-state index in [4.69, 9.17) is 19.8 Å². The SMILES string of the molecule is Cc1cccc2c1nc1n(-c3cc(C(C)(C)C)ccn3)c3[c-]c(Oc4[c-]c5c(cc4)C(C)(C)C(C)(C)c4c(-c6ccccc6)cnn4-5)ccc3n21.[Pt+2]. The predicted octanol–water partition coefficient (Wildman–Crippen LogP) is 10.2. The fourth-order valence-corrected chi connectivity index (χ4v) is 7.70. The van der Waals surface area contributed by atoms with Gasteiger partial charge in [0.2, 0.25) is 5.78 Å². The Labute approximate surface area is 318 Å². The van der Waals surface area contributed by atoms with Crippen molar-refractivity contribution in [2.75, 3.05) is 0 Å². The monoisotopic (exact) mass is 863 g/mol. The summed E-state index contributed by atoms with van der Waals surface area (Å²) in [6, 6.07) is 36.5. The Bertz CT molecular complexity index is 2670. The zero-order valence-corrected chi connectivity index (χ0v) is 32.9. The van der Waals surface area contributed by atoms with Gasteiger partial charge in [-0.25, -0.2) is 9.97 Å². The number of para-hydroxylation sites is 1. The number of hydrogen-bond donors (Lipinski definition) is 0. The van der Waals surface area contributed by atoms with Crippen molar-refractivity contribution in [3.05, 3.63) is 132 Å². The molecule has 1 aliphatic heterocycles. The summed E-state index contributed by atoms with van der Waals surface area (Å²) in [6.45, 7) is 18.0. The number of benzene rings is 4. The van der Waals surface area contributed by atoms with Gasteiger partial charge in [0.05, 0.1) is 22.9 Å². The first-order valence-corrected chi connectivity index (χ1v) is 17.5. The van der Waals surface area contributed by atoms with Crippen molar-refractivity contribution in [3.63, 3.8) is 0 Å². The zero-order valence-electron chi connectivity index (χ0n) is 30.6. The van der Waals surface area contributed by atoms with Gasteiger partial charge in [-0.1, -0.05) is 90.9 Å². The minimum atomic E-state index is -0.208. The molecule has 262 valence electrons. The van der Waals surface area contributed by atoms with Crippen LogP contribution in [-0.4, -0.2) is 28.7 Å². The first-order chi connectivity index (χ1) is 24.3. The van der Waals surface area contributed by atoms with Crippen molar-refractivity contribution in [1.29, 1.82) is 0 Å². The second kappa shape index (κ2) is 11.8. The van der Waals surface area contributed by atoms with E-state index in [0.717, 1.165) is 56.0 Å². The van der Waals surface area contributed by atoms with Gasteiger partial charge in [0, 0.05) is 28.7 Å². The molecule has 0 spiro atoms. The number of imidazole rings is 2. The largest absolute Gasteiger partial charge is 2.00 e. The van der Waals surface area contributed by atoms with Crippen LogP contribution in [-0.2, 0) is 37.3 Å². The van der Waals surface area contributed by atoms with Crippen LogP contribution >= 0.6 is 0 Å². The quantitative estimate of drug-likeness (QED) is 0.165. The fraction of sp³-hybridized carbons (Fsp3) is 0.250. The maximum atomic E-state index is 6.61. The predicted molar refractivity (Wildman–Crippen MR) is 204 cm³/mol. The average molecular weight is 864 g/mol. The Morgan fingerprint density at radius 1 is 0.788 bits per heavy atom. The Balaban J connectivity index is 0.00000387. The number of aryl methyl sites for hydroxylation is 1. The Kier molecular flexibility index (Phi) is 7.71.